The third-order valence-corrected chi connectivity index (χ3v) is 4.07. The zero-order valence-electron chi connectivity index (χ0n) is 14.9. The van der Waals surface area contributed by atoms with E-state index >= 15 is 0 Å². The Morgan fingerprint density at radius 1 is 1.03 bits per heavy atom. The first-order chi connectivity index (χ1) is 13.8. The molecule has 3 N–H and O–H groups in total. The monoisotopic (exact) mass is 468 g/mol. The maximum atomic E-state index is 12.5. The number of benzene rings is 2. The number of hydrogen-bond acceptors (Lipinski definition) is 6. The minimum absolute atomic E-state index is 0.128. The lowest BCUT2D eigenvalue weighted by Crippen LogP contribution is -2.17. The summed E-state index contributed by atoms with van der Waals surface area (Å²) in [6, 6.07) is 14.5. The van der Waals surface area contributed by atoms with E-state index in [0.29, 0.717) is 17.1 Å². The van der Waals surface area contributed by atoms with Crippen molar-refractivity contribution >= 4 is 33.4 Å². The Bertz CT molecular complexity index is 986. The second-order valence-corrected chi connectivity index (χ2v) is 6.74. The molecule has 6 nitrogen and oxygen atoms in total. The molecule has 0 amide bonds. The highest BCUT2D eigenvalue weighted by Gasteiger charge is 2.31. The van der Waals surface area contributed by atoms with Crippen molar-refractivity contribution in [1.29, 1.82) is 0 Å². The topological polar surface area (TPSA) is 79.3 Å². The van der Waals surface area contributed by atoms with Crippen LogP contribution in [-0.4, -0.2) is 34.6 Å². The number of nitrogens with zero attached hydrogens (tertiary/aromatic N) is 2. The number of alkyl halides is 3. The standard InChI is InChI=1S/C19H16BrF3N4O2/c20-13-4-2-5-14(10-13)25-17-11-16(26-18(27-17)24-7-8-28)12-3-1-6-15(9-12)29-19(21,22)23/h1-6,9-11,28H,7-8H2,(H2,24,25,26,27). The number of ether oxygens (including phenoxy) is 1. The van der Waals surface area contributed by atoms with Crippen molar-refractivity contribution in [3.8, 4) is 17.0 Å². The normalized spacial score (nSPS) is 11.2. The SMILES string of the molecule is OCCNc1nc(Nc2cccc(Br)c2)cc(-c2cccc(OC(F)(F)F)c2)n1. The van der Waals surface area contributed by atoms with E-state index in [0.717, 1.165) is 10.2 Å². The van der Waals surface area contributed by atoms with E-state index < -0.39 is 6.36 Å². The van der Waals surface area contributed by atoms with Gasteiger partial charge in [0.05, 0.1) is 12.3 Å². The average Bonchev–Trinajstić information content (AvgIpc) is 2.65. The molecule has 0 spiro atoms. The van der Waals surface area contributed by atoms with E-state index in [1.165, 1.54) is 18.2 Å². The van der Waals surface area contributed by atoms with Crippen molar-refractivity contribution in [1.82, 2.24) is 9.97 Å². The van der Waals surface area contributed by atoms with Crippen LogP contribution in [0.1, 0.15) is 0 Å². The van der Waals surface area contributed by atoms with Crippen LogP contribution in [0.4, 0.5) is 30.6 Å². The molecule has 0 aliphatic rings. The second kappa shape index (κ2) is 9.10. The van der Waals surface area contributed by atoms with E-state index in [1.54, 1.807) is 12.1 Å². The number of nitrogens with one attached hydrogen (secondary N) is 2. The Morgan fingerprint density at radius 3 is 2.55 bits per heavy atom. The lowest BCUT2D eigenvalue weighted by atomic mass is 10.1. The fourth-order valence-corrected chi connectivity index (χ4v) is 2.87. The van der Waals surface area contributed by atoms with Crippen LogP contribution >= 0.6 is 15.9 Å². The molecular weight excluding hydrogens is 453 g/mol. The molecule has 10 heteroatoms. The molecule has 0 fully saturated rings. The predicted molar refractivity (Wildman–Crippen MR) is 107 cm³/mol. The van der Waals surface area contributed by atoms with Crippen LogP contribution in [0.15, 0.2) is 59.1 Å². The van der Waals surface area contributed by atoms with Gasteiger partial charge in [-0.3, -0.25) is 0 Å². The molecule has 0 bridgehead atoms. The van der Waals surface area contributed by atoms with Crippen LogP contribution in [0.2, 0.25) is 0 Å². The van der Waals surface area contributed by atoms with E-state index in [9.17, 15) is 13.2 Å². The third-order valence-electron chi connectivity index (χ3n) is 3.58. The molecule has 3 aromatic rings. The first-order valence-electron chi connectivity index (χ1n) is 8.45. The molecule has 29 heavy (non-hydrogen) atoms. The van der Waals surface area contributed by atoms with Gasteiger partial charge >= 0.3 is 6.36 Å². The van der Waals surface area contributed by atoms with Gasteiger partial charge in [0.1, 0.15) is 11.6 Å². The van der Waals surface area contributed by atoms with E-state index in [4.69, 9.17) is 5.11 Å². The summed E-state index contributed by atoms with van der Waals surface area (Å²) >= 11 is 3.39. The number of aliphatic hydroxyl groups excluding tert-OH is 1. The van der Waals surface area contributed by atoms with E-state index in [2.05, 4.69) is 41.3 Å². The smallest absolute Gasteiger partial charge is 0.406 e. The summed E-state index contributed by atoms with van der Waals surface area (Å²) in [6.45, 7) is 0.0912. The number of halogens is 4. The summed E-state index contributed by atoms with van der Waals surface area (Å²) in [5.74, 6) is 0.298. The molecule has 0 radical (unpaired) electrons. The maximum Gasteiger partial charge on any atom is 0.573 e. The van der Waals surface area contributed by atoms with Gasteiger partial charge in [-0.2, -0.15) is 4.98 Å². The summed E-state index contributed by atoms with van der Waals surface area (Å²) in [5.41, 5.74) is 1.55. The number of rotatable bonds is 7. The Morgan fingerprint density at radius 2 is 1.83 bits per heavy atom. The first kappa shape index (κ1) is 20.9. The van der Waals surface area contributed by atoms with Crippen molar-refractivity contribution in [3.63, 3.8) is 0 Å². The van der Waals surface area contributed by atoms with Crippen molar-refractivity contribution in [2.45, 2.75) is 6.36 Å². The van der Waals surface area contributed by atoms with Gasteiger partial charge in [-0.1, -0.05) is 34.1 Å². The molecule has 0 atom stereocenters. The van der Waals surface area contributed by atoms with Crippen molar-refractivity contribution in [2.24, 2.45) is 0 Å². The molecule has 0 saturated heterocycles. The maximum absolute atomic E-state index is 12.5. The quantitative estimate of drug-likeness (QED) is 0.455. The number of aromatic nitrogens is 2. The van der Waals surface area contributed by atoms with Gasteiger partial charge in [0.2, 0.25) is 5.95 Å². The van der Waals surface area contributed by atoms with Gasteiger partial charge in [-0.05, 0) is 30.3 Å². The lowest BCUT2D eigenvalue weighted by Gasteiger charge is -2.13. The van der Waals surface area contributed by atoms with Crippen LogP contribution in [0.3, 0.4) is 0 Å². The van der Waals surface area contributed by atoms with Crippen LogP contribution in [0.5, 0.6) is 5.75 Å². The fourth-order valence-electron chi connectivity index (χ4n) is 2.47. The molecular formula is C19H16BrF3N4O2. The molecule has 3 rings (SSSR count). The van der Waals surface area contributed by atoms with Crippen LogP contribution < -0.4 is 15.4 Å². The minimum atomic E-state index is -4.79. The van der Waals surface area contributed by atoms with Crippen molar-refractivity contribution in [2.75, 3.05) is 23.8 Å². The van der Waals surface area contributed by atoms with Gasteiger partial charge in [0.25, 0.3) is 0 Å². The summed E-state index contributed by atoms with van der Waals surface area (Å²) in [4.78, 5) is 8.65. The third kappa shape index (κ3) is 6.33. The van der Waals surface area contributed by atoms with Gasteiger partial charge in [-0.25, -0.2) is 4.98 Å². The van der Waals surface area contributed by atoms with E-state index in [-0.39, 0.29) is 24.8 Å². The van der Waals surface area contributed by atoms with E-state index in [1.807, 2.05) is 24.3 Å². The van der Waals surface area contributed by atoms with Gasteiger partial charge < -0.3 is 20.5 Å². The summed E-state index contributed by atoms with van der Waals surface area (Å²) in [7, 11) is 0. The molecule has 1 heterocycles. The molecule has 0 aliphatic carbocycles. The highest BCUT2D eigenvalue weighted by molar-refractivity contribution is 9.10. The number of anilines is 3. The number of aliphatic hydroxyl groups is 1. The molecule has 0 unspecified atom stereocenters. The fraction of sp³-hybridized carbons (Fsp3) is 0.158. The zero-order chi connectivity index (χ0) is 20.9. The van der Waals surface area contributed by atoms with Crippen molar-refractivity contribution < 1.29 is 23.0 Å². The summed E-state index contributed by atoms with van der Waals surface area (Å²) < 4.78 is 42.4. The molecule has 2 aromatic carbocycles. The van der Waals surface area contributed by atoms with Crippen LogP contribution in [0, 0.1) is 0 Å². The van der Waals surface area contributed by atoms with Crippen LogP contribution in [-0.2, 0) is 0 Å². The molecule has 1 aromatic heterocycles. The van der Waals surface area contributed by atoms with Crippen LogP contribution in [0.25, 0.3) is 11.3 Å². The Balaban J connectivity index is 1.96. The van der Waals surface area contributed by atoms with Gasteiger partial charge in [0, 0.05) is 28.3 Å². The Hall–Kier alpha value is -2.85. The molecule has 0 aliphatic heterocycles. The lowest BCUT2D eigenvalue weighted by molar-refractivity contribution is -0.274. The van der Waals surface area contributed by atoms with Gasteiger partial charge in [-0.15, -0.1) is 13.2 Å². The minimum Gasteiger partial charge on any atom is -0.406 e. The largest absolute Gasteiger partial charge is 0.573 e. The van der Waals surface area contributed by atoms with Crippen molar-refractivity contribution in [3.05, 3.63) is 59.1 Å². The highest BCUT2D eigenvalue weighted by Crippen LogP contribution is 2.29. The average molecular weight is 469 g/mol. The summed E-state index contributed by atoms with van der Waals surface area (Å²) in [6.07, 6.45) is -4.79. The second-order valence-electron chi connectivity index (χ2n) is 5.82. The molecule has 152 valence electrons. The van der Waals surface area contributed by atoms with Gasteiger partial charge in [0.15, 0.2) is 0 Å². The summed E-state index contributed by atoms with van der Waals surface area (Å²) in [5, 5.41) is 15.0. The Kier molecular flexibility index (Phi) is 6.55. The Labute approximate surface area is 172 Å². The zero-order valence-corrected chi connectivity index (χ0v) is 16.5. The number of hydrogen-bond donors (Lipinski definition) is 3. The predicted octanol–water partition coefficient (Wildman–Crippen LogP) is 4.95. The highest BCUT2D eigenvalue weighted by atomic mass is 79.9. The molecule has 0 saturated carbocycles. The first-order valence-corrected chi connectivity index (χ1v) is 9.24.